The van der Waals surface area contributed by atoms with E-state index < -0.39 is 6.17 Å². The summed E-state index contributed by atoms with van der Waals surface area (Å²) in [5.41, 5.74) is 0. The van der Waals surface area contributed by atoms with Crippen LogP contribution in [0.4, 0.5) is 4.39 Å². The van der Waals surface area contributed by atoms with Crippen LogP contribution in [-0.2, 0) is 4.79 Å². The first kappa shape index (κ1) is 7.03. The van der Waals surface area contributed by atoms with E-state index in [1.54, 1.807) is 0 Å². The molecule has 0 aromatic carbocycles. The maximum atomic E-state index is 12.3. The van der Waals surface area contributed by atoms with E-state index in [0.29, 0.717) is 19.5 Å². The Balaban J connectivity index is 1.83. The number of alkyl halides is 1. The van der Waals surface area contributed by atoms with Crippen LogP contribution in [0.1, 0.15) is 6.42 Å². The molecule has 2 aliphatic rings. The Bertz CT molecular complexity index is 191. The number of halogens is 1. The number of aliphatic hydroxyl groups is 1. The lowest BCUT2D eigenvalue weighted by Gasteiger charge is -2.35. The molecule has 0 spiro atoms. The van der Waals surface area contributed by atoms with Crippen molar-refractivity contribution >= 4 is 5.91 Å². The van der Waals surface area contributed by atoms with Gasteiger partial charge in [0.2, 0.25) is 5.91 Å². The van der Waals surface area contributed by atoms with Crippen molar-refractivity contribution < 1.29 is 14.3 Å². The first-order valence-corrected chi connectivity index (χ1v) is 3.79. The van der Waals surface area contributed by atoms with Gasteiger partial charge in [-0.25, -0.2) is 4.39 Å². The predicted molar refractivity (Wildman–Crippen MR) is 35.6 cm³/mol. The van der Waals surface area contributed by atoms with Gasteiger partial charge in [0.25, 0.3) is 0 Å². The highest BCUT2D eigenvalue weighted by molar-refractivity contribution is 5.82. The Morgan fingerprint density at radius 3 is 2.45 bits per heavy atom. The normalized spacial score (nSPS) is 36.7. The summed E-state index contributed by atoms with van der Waals surface area (Å²) >= 11 is 0. The summed E-state index contributed by atoms with van der Waals surface area (Å²) < 4.78 is 12.3. The third kappa shape index (κ3) is 1.11. The maximum Gasteiger partial charge on any atom is 0.228 e. The van der Waals surface area contributed by atoms with Gasteiger partial charge in [-0.15, -0.1) is 0 Å². The number of carbonyl (C=O) groups is 1. The van der Waals surface area contributed by atoms with Gasteiger partial charge in [0.15, 0.2) is 0 Å². The van der Waals surface area contributed by atoms with Gasteiger partial charge in [-0.3, -0.25) is 4.79 Å². The lowest BCUT2D eigenvalue weighted by Crippen LogP contribution is -2.54. The molecule has 0 radical (unpaired) electrons. The highest BCUT2D eigenvalue weighted by Gasteiger charge is 2.47. The molecule has 11 heavy (non-hydrogen) atoms. The van der Waals surface area contributed by atoms with Crippen molar-refractivity contribution in [3.63, 3.8) is 0 Å². The van der Waals surface area contributed by atoms with E-state index in [-0.39, 0.29) is 17.9 Å². The van der Waals surface area contributed by atoms with Gasteiger partial charge in [-0.1, -0.05) is 0 Å². The molecule has 0 bridgehead atoms. The van der Waals surface area contributed by atoms with E-state index in [9.17, 15) is 9.18 Å². The van der Waals surface area contributed by atoms with Crippen molar-refractivity contribution in [3.05, 3.63) is 0 Å². The Morgan fingerprint density at radius 2 is 2.09 bits per heavy atom. The molecular formula is C7H10FNO2. The lowest BCUT2D eigenvalue weighted by molar-refractivity contribution is -0.143. The third-order valence-corrected chi connectivity index (χ3v) is 2.20. The standard InChI is InChI=1S/C7H10FNO2/c8-6-1-5(6)7(11)9-2-4(10)3-9/h4-6,10H,1-3H2/t5-,6+/m0/s1. The summed E-state index contributed by atoms with van der Waals surface area (Å²) in [7, 11) is 0. The number of nitrogens with zero attached hydrogens (tertiary/aromatic N) is 1. The molecule has 1 saturated heterocycles. The van der Waals surface area contributed by atoms with Crippen molar-refractivity contribution in [1.29, 1.82) is 0 Å². The number of rotatable bonds is 1. The number of hydrogen-bond donors (Lipinski definition) is 1. The summed E-state index contributed by atoms with van der Waals surface area (Å²) in [6.45, 7) is 0.782. The van der Waals surface area contributed by atoms with Gasteiger partial charge in [-0.2, -0.15) is 0 Å². The monoisotopic (exact) mass is 159 g/mol. The van der Waals surface area contributed by atoms with Crippen molar-refractivity contribution in [3.8, 4) is 0 Å². The average molecular weight is 159 g/mol. The summed E-state index contributed by atoms with van der Waals surface area (Å²) in [6, 6.07) is 0. The van der Waals surface area contributed by atoms with Crippen molar-refractivity contribution in [1.82, 2.24) is 4.90 Å². The second-order valence-electron chi connectivity index (χ2n) is 3.26. The van der Waals surface area contributed by atoms with Crippen LogP contribution in [0.3, 0.4) is 0 Å². The molecule has 0 unspecified atom stereocenters. The molecule has 62 valence electrons. The molecule has 2 rings (SSSR count). The molecule has 2 atom stereocenters. The Kier molecular flexibility index (Phi) is 1.39. The Labute approximate surface area is 63.8 Å². The third-order valence-electron chi connectivity index (χ3n) is 2.20. The second-order valence-corrected chi connectivity index (χ2v) is 3.26. The molecule has 1 aliphatic carbocycles. The van der Waals surface area contributed by atoms with Crippen LogP contribution in [0.2, 0.25) is 0 Å². The topological polar surface area (TPSA) is 40.5 Å². The molecule has 1 heterocycles. The molecule has 0 aromatic heterocycles. The zero-order valence-corrected chi connectivity index (χ0v) is 6.03. The van der Waals surface area contributed by atoms with Crippen LogP contribution < -0.4 is 0 Å². The Morgan fingerprint density at radius 1 is 1.55 bits per heavy atom. The van der Waals surface area contributed by atoms with Crippen LogP contribution in [0.5, 0.6) is 0 Å². The van der Waals surface area contributed by atoms with Crippen LogP contribution in [0.15, 0.2) is 0 Å². The zero-order valence-electron chi connectivity index (χ0n) is 6.03. The maximum absolute atomic E-state index is 12.3. The van der Waals surface area contributed by atoms with E-state index in [4.69, 9.17) is 5.11 Å². The van der Waals surface area contributed by atoms with Crippen molar-refractivity contribution in [2.24, 2.45) is 5.92 Å². The summed E-state index contributed by atoms with van der Waals surface area (Å²) in [6.07, 6.45) is -0.915. The predicted octanol–water partition coefficient (Wildman–Crippen LogP) is -0.452. The van der Waals surface area contributed by atoms with Gasteiger partial charge in [-0.05, 0) is 6.42 Å². The molecule has 3 nitrogen and oxygen atoms in total. The molecule has 1 N–H and O–H groups in total. The van der Waals surface area contributed by atoms with E-state index in [1.807, 2.05) is 0 Å². The van der Waals surface area contributed by atoms with Gasteiger partial charge in [0, 0.05) is 13.1 Å². The van der Waals surface area contributed by atoms with Gasteiger partial charge in [0.05, 0.1) is 12.0 Å². The number of likely N-dealkylation sites (tertiary alicyclic amines) is 1. The fourth-order valence-corrected chi connectivity index (χ4v) is 1.29. The molecule has 1 saturated carbocycles. The zero-order chi connectivity index (χ0) is 8.01. The van der Waals surface area contributed by atoms with Gasteiger partial charge < -0.3 is 10.0 Å². The number of hydrogen-bond acceptors (Lipinski definition) is 2. The largest absolute Gasteiger partial charge is 0.389 e. The van der Waals surface area contributed by atoms with Crippen molar-refractivity contribution in [2.45, 2.75) is 18.7 Å². The minimum absolute atomic E-state index is 0.122. The van der Waals surface area contributed by atoms with Crippen LogP contribution in [0, 0.1) is 5.92 Å². The van der Waals surface area contributed by atoms with Crippen molar-refractivity contribution in [2.75, 3.05) is 13.1 Å². The number of carbonyl (C=O) groups excluding carboxylic acids is 1. The molecule has 2 fully saturated rings. The van der Waals surface area contributed by atoms with Crippen LogP contribution in [-0.4, -0.2) is 41.3 Å². The summed E-state index contributed by atoms with van der Waals surface area (Å²) in [4.78, 5) is 12.6. The van der Waals surface area contributed by atoms with E-state index in [0.717, 1.165) is 0 Å². The number of β-amino-alcohol motifs (C(OH)–C–C–N with tert-alkyl or cyclic N) is 1. The lowest BCUT2D eigenvalue weighted by atomic mass is 10.1. The van der Waals surface area contributed by atoms with Crippen LogP contribution in [0.25, 0.3) is 0 Å². The van der Waals surface area contributed by atoms with Gasteiger partial charge in [0.1, 0.15) is 6.17 Å². The SMILES string of the molecule is O=C([C@H]1C[C@H]1F)N1CC(O)C1. The number of aliphatic hydroxyl groups excluding tert-OH is 1. The van der Waals surface area contributed by atoms with E-state index in [2.05, 4.69) is 0 Å². The molecule has 4 heteroatoms. The highest BCUT2D eigenvalue weighted by Crippen LogP contribution is 2.36. The first-order valence-electron chi connectivity index (χ1n) is 3.79. The molecule has 0 aromatic rings. The second kappa shape index (κ2) is 2.17. The molecule has 1 amide bonds. The minimum Gasteiger partial charge on any atom is -0.389 e. The van der Waals surface area contributed by atoms with Gasteiger partial charge >= 0.3 is 0 Å². The first-order chi connectivity index (χ1) is 5.18. The summed E-state index contributed by atoms with van der Waals surface area (Å²) in [5.74, 6) is -0.509. The molecular weight excluding hydrogens is 149 g/mol. The number of amides is 1. The smallest absolute Gasteiger partial charge is 0.228 e. The van der Waals surface area contributed by atoms with Crippen LogP contribution >= 0.6 is 0 Å². The fraction of sp³-hybridized carbons (Fsp3) is 0.857. The van der Waals surface area contributed by atoms with E-state index >= 15 is 0 Å². The summed E-state index contributed by atoms with van der Waals surface area (Å²) in [5, 5.41) is 8.85. The minimum atomic E-state index is -0.916. The Hall–Kier alpha value is -0.640. The highest BCUT2D eigenvalue weighted by atomic mass is 19.1. The molecule has 1 aliphatic heterocycles. The quantitative estimate of drug-likeness (QED) is 0.562. The van der Waals surface area contributed by atoms with E-state index in [1.165, 1.54) is 4.90 Å². The average Bonchev–Trinajstić information content (AvgIpc) is 2.58. The fourth-order valence-electron chi connectivity index (χ4n) is 1.29.